The summed E-state index contributed by atoms with van der Waals surface area (Å²) in [6, 6.07) is 6.90. The van der Waals surface area contributed by atoms with Crippen molar-refractivity contribution in [2.24, 2.45) is 5.73 Å². The number of aromatic nitrogens is 2. The molecule has 0 atom stereocenters. The summed E-state index contributed by atoms with van der Waals surface area (Å²) in [7, 11) is 0. The van der Waals surface area contributed by atoms with Crippen molar-refractivity contribution >= 4 is 5.91 Å². The van der Waals surface area contributed by atoms with Gasteiger partial charge >= 0.3 is 6.36 Å². The number of alkyl halides is 3. The molecule has 106 valence electrons. The molecule has 1 aromatic heterocycles. The third-order valence-corrected chi connectivity index (χ3v) is 2.32. The molecule has 0 aliphatic carbocycles. The Balaban J connectivity index is 2.22. The van der Waals surface area contributed by atoms with Gasteiger partial charge in [0.1, 0.15) is 5.75 Å². The topological polar surface area (TPSA) is 70.1 Å². The molecule has 20 heavy (non-hydrogen) atoms. The van der Waals surface area contributed by atoms with Crippen LogP contribution in [0.2, 0.25) is 0 Å². The first-order chi connectivity index (χ1) is 9.33. The number of nitrogens with two attached hydrogens (primary N) is 1. The summed E-state index contributed by atoms with van der Waals surface area (Å²) in [6.07, 6.45) is -3.27. The molecular weight excluding hydrogens is 275 g/mol. The fraction of sp³-hybridized carbons (Fsp3) is 0.167. The molecule has 1 aromatic carbocycles. The largest absolute Gasteiger partial charge is 0.573 e. The number of hydrogen-bond donors (Lipinski definition) is 1. The van der Waals surface area contributed by atoms with Crippen LogP contribution in [0.3, 0.4) is 0 Å². The smallest absolute Gasteiger partial charge is 0.406 e. The molecule has 2 N–H and O–H groups in total. The molecule has 1 heterocycles. The van der Waals surface area contributed by atoms with Gasteiger partial charge in [-0.3, -0.25) is 4.79 Å². The molecule has 0 aliphatic heterocycles. The van der Waals surface area contributed by atoms with Crippen molar-refractivity contribution in [2.45, 2.75) is 12.8 Å². The van der Waals surface area contributed by atoms with Crippen LogP contribution in [0, 0.1) is 0 Å². The summed E-state index contributed by atoms with van der Waals surface area (Å²) in [5, 5.41) is 4.04. The van der Waals surface area contributed by atoms with Gasteiger partial charge in [0.2, 0.25) is 5.91 Å². The van der Waals surface area contributed by atoms with Crippen LogP contribution in [-0.4, -0.2) is 22.1 Å². The predicted molar refractivity (Wildman–Crippen MR) is 63.1 cm³/mol. The Morgan fingerprint density at radius 1 is 1.35 bits per heavy atom. The number of hydrogen-bond acceptors (Lipinski definition) is 3. The van der Waals surface area contributed by atoms with Crippen LogP contribution in [0.4, 0.5) is 13.2 Å². The van der Waals surface area contributed by atoms with Gasteiger partial charge in [0.05, 0.1) is 17.8 Å². The molecule has 0 saturated heterocycles. The van der Waals surface area contributed by atoms with Crippen molar-refractivity contribution in [1.29, 1.82) is 0 Å². The molecule has 0 bridgehead atoms. The number of halogens is 3. The van der Waals surface area contributed by atoms with Crippen LogP contribution in [0.15, 0.2) is 36.5 Å². The predicted octanol–water partition coefficient (Wildman–Crippen LogP) is 1.80. The third kappa shape index (κ3) is 3.74. The number of benzene rings is 1. The Morgan fingerprint density at radius 2 is 2.10 bits per heavy atom. The molecule has 0 fully saturated rings. The van der Waals surface area contributed by atoms with E-state index in [9.17, 15) is 18.0 Å². The summed E-state index contributed by atoms with van der Waals surface area (Å²) in [5.74, 6) is -0.883. The number of amides is 1. The minimum absolute atomic E-state index is 0.0360. The fourth-order valence-corrected chi connectivity index (χ4v) is 1.60. The summed E-state index contributed by atoms with van der Waals surface area (Å²) < 4.78 is 41.5. The van der Waals surface area contributed by atoms with E-state index >= 15 is 0 Å². The average molecular weight is 285 g/mol. The van der Waals surface area contributed by atoms with Crippen molar-refractivity contribution in [3.05, 3.63) is 42.2 Å². The van der Waals surface area contributed by atoms with E-state index in [1.165, 1.54) is 29.1 Å². The highest BCUT2D eigenvalue weighted by molar-refractivity contribution is 5.76. The van der Waals surface area contributed by atoms with Gasteiger partial charge in [-0.05, 0) is 18.2 Å². The van der Waals surface area contributed by atoms with Crippen LogP contribution >= 0.6 is 0 Å². The second-order valence-electron chi connectivity index (χ2n) is 3.94. The Kier molecular flexibility index (Phi) is 3.64. The lowest BCUT2D eigenvalue weighted by atomic mass is 10.3. The zero-order chi connectivity index (χ0) is 14.8. The maximum absolute atomic E-state index is 12.1. The zero-order valence-electron chi connectivity index (χ0n) is 10.1. The number of rotatable bonds is 4. The molecular formula is C12H10F3N3O2. The lowest BCUT2D eigenvalue weighted by Gasteiger charge is -2.10. The van der Waals surface area contributed by atoms with E-state index in [1.54, 1.807) is 12.1 Å². The average Bonchev–Trinajstić information content (AvgIpc) is 2.74. The molecule has 2 rings (SSSR count). The quantitative estimate of drug-likeness (QED) is 0.931. The third-order valence-electron chi connectivity index (χ3n) is 2.32. The van der Waals surface area contributed by atoms with E-state index in [-0.39, 0.29) is 12.2 Å². The van der Waals surface area contributed by atoms with Crippen LogP contribution in [0.1, 0.15) is 5.69 Å². The van der Waals surface area contributed by atoms with Gasteiger partial charge in [-0.1, -0.05) is 6.07 Å². The Morgan fingerprint density at radius 3 is 2.75 bits per heavy atom. The minimum Gasteiger partial charge on any atom is -0.406 e. The molecule has 0 unspecified atom stereocenters. The molecule has 2 aromatic rings. The van der Waals surface area contributed by atoms with Crippen molar-refractivity contribution in [3.63, 3.8) is 0 Å². The molecule has 5 nitrogen and oxygen atoms in total. The van der Waals surface area contributed by atoms with Crippen LogP contribution in [-0.2, 0) is 11.2 Å². The number of primary amides is 1. The van der Waals surface area contributed by atoms with E-state index in [0.717, 1.165) is 0 Å². The van der Waals surface area contributed by atoms with Gasteiger partial charge in [0.25, 0.3) is 0 Å². The SMILES string of the molecule is NC(=O)Cc1ccn(-c2cccc(OC(F)(F)F)c2)n1. The van der Waals surface area contributed by atoms with Crippen LogP contribution in [0.25, 0.3) is 5.69 Å². The van der Waals surface area contributed by atoms with E-state index in [1.807, 2.05) is 0 Å². The number of ether oxygens (including phenoxy) is 1. The van der Waals surface area contributed by atoms with E-state index in [2.05, 4.69) is 9.84 Å². The lowest BCUT2D eigenvalue weighted by molar-refractivity contribution is -0.274. The number of carbonyl (C=O) groups excluding carboxylic acids is 1. The van der Waals surface area contributed by atoms with Crippen molar-refractivity contribution in [2.75, 3.05) is 0 Å². The maximum atomic E-state index is 12.1. The highest BCUT2D eigenvalue weighted by Gasteiger charge is 2.31. The molecule has 0 saturated carbocycles. The van der Waals surface area contributed by atoms with Gasteiger partial charge in [-0.25, -0.2) is 4.68 Å². The standard InChI is InChI=1S/C12H10F3N3O2/c13-12(14,15)20-10-3-1-2-9(7-10)18-5-4-8(17-18)6-11(16)19/h1-5,7H,6H2,(H2,16,19). The van der Waals surface area contributed by atoms with E-state index in [0.29, 0.717) is 11.4 Å². The van der Waals surface area contributed by atoms with Crippen LogP contribution < -0.4 is 10.5 Å². The van der Waals surface area contributed by atoms with Crippen molar-refractivity contribution in [1.82, 2.24) is 9.78 Å². The van der Waals surface area contributed by atoms with E-state index in [4.69, 9.17) is 5.73 Å². The molecule has 0 spiro atoms. The second-order valence-corrected chi connectivity index (χ2v) is 3.94. The second kappa shape index (κ2) is 5.24. The molecule has 8 heteroatoms. The highest BCUT2D eigenvalue weighted by atomic mass is 19.4. The fourth-order valence-electron chi connectivity index (χ4n) is 1.60. The van der Waals surface area contributed by atoms with Crippen LogP contribution in [0.5, 0.6) is 5.75 Å². The van der Waals surface area contributed by atoms with Gasteiger partial charge in [-0.15, -0.1) is 13.2 Å². The van der Waals surface area contributed by atoms with Gasteiger partial charge < -0.3 is 10.5 Å². The van der Waals surface area contributed by atoms with Crippen molar-refractivity contribution in [3.8, 4) is 11.4 Å². The van der Waals surface area contributed by atoms with Crippen molar-refractivity contribution < 1.29 is 22.7 Å². The lowest BCUT2D eigenvalue weighted by Crippen LogP contribution is -2.17. The van der Waals surface area contributed by atoms with Gasteiger partial charge in [0, 0.05) is 12.3 Å². The first kappa shape index (κ1) is 13.9. The maximum Gasteiger partial charge on any atom is 0.573 e. The van der Waals surface area contributed by atoms with Gasteiger partial charge in [-0.2, -0.15) is 5.10 Å². The summed E-state index contributed by atoms with van der Waals surface area (Å²) in [5.41, 5.74) is 5.84. The highest BCUT2D eigenvalue weighted by Crippen LogP contribution is 2.24. The minimum atomic E-state index is -4.75. The Labute approximate surface area is 111 Å². The van der Waals surface area contributed by atoms with E-state index < -0.39 is 12.3 Å². The molecule has 1 amide bonds. The summed E-state index contributed by atoms with van der Waals surface area (Å²) in [6.45, 7) is 0. The summed E-state index contributed by atoms with van der Waals surface area (Å²) >= 11 is 0. The first-order valence-corrected chi connectivity index (χ1v) is 5.52. The number of nitrogens with zero attached hydrogens (tertiary/aromatic N) is 2. The summed E-state index contributed by atoms with van der Waals surface area (Å²) in [4.78, 5) is 10.8. The van der Waals surface area contributed by atoms with Gasteiger partial charge in [0.15, 0.2) is 0 Å². The zero-order valence-corrected chi connectivity index (χ0v) is 10.1. The monoisotopic (exact) mass is 285 g/mol. The number of carbonyl (C=O) groups is 1. The molecule has 0 radical (unpaired) electrons. The Hall–Kier alpha value is -2.51. The normalized spacial score (nSPS) is 11.3. The molecule has 0 aliphatic rings. The Bertz CT molecular complexity index is 622. The first-order valence-electron chi connectivity index (χ1n) is 5.52.